The van der Waals surface area contributed by atoms with E-state index >= 15 is 0 Å². The van der Waals surface area contributed by atoms with Gasteiger partial charge in [-0.15, -0.1) is 0 Å². The summed E-state index contributed by atoms with van der Waals surface area (Å²) < 4.78 is 0. The molecule has 4 heteroatoms. The van der Waals surface area contributed by atoms with E-state index in [0.29, 0.717) is 12.1 Å². The number of nitrogens with zero attached hydrogens (tertiary/aromatic N) is 1. The van der Waals surface area contributed by atoms with E-state index in [1.807, 2.05) is 25.1 Å². The minimum Gasteiger partial charge on any atom is -0.481 e. The molecule has 102 valence electrons. The summed E-state index contributed by atoms with van der Waals surface area (Å²) in [4.78, 5) is 24.5. The number of aryl methyl sites for hydroxylation is 2. The van der Waals surface area contributed by atoms with Crippen LogP contribution < -0.4 is 0 Å². The van der Waals surface area contributed by atoms with Crippen molar-refractivity contribution >= 4 is 11.9 Å². The number of carboxylic acids is 1. The Kier molecular flexibility index (Phi) is 4.20. The number of hydrogen-bond donors (Lipinski definition) is 1. The second-order valence-electron chi connectivity index (χ2n) is 4.87. The lowest BCUT2D eigenvalue weighted by Gasteiger charge is -2.20. The number of aliphatic carboxylic acids is 1. The van der Waals surface area contributed by atoms with Crippen molar-refractivity contribution in [3.63, 3.8) is 0 Å². The van der Waals surface area contributed by atoms with Gasteiger partial charge in [-0.2, -0.15) is 0 Å². The fraction of sp³-hybridized carbons (Fsp3) is 0.467. The number of hydrogen-bond acceptors (Lipinski definition) is 2. The van der Waals surface area contributed by atoms with Crippen LogP contribution in [0.3, 0.4) is 0 Å². The zero-order valence-corrected chi connectivity index (χ0v) is 11.2. The molecule has 0 heterocycles. The molecule has 0 fully saturated rings. The van der Waals surface area contributed by atoms with E-state index in [-0.39, 0.29) is 18.9 Å². The van der Waals surface area contributed by atoms with Gasteiger partial charge in [0.25, 0.3) is 5.91 Å². The summed E-state index contributed by atoms with van der Waals surface area (Å²) in [6, 6.07) is 5.85. The molecule has 1 aliphatic carbocycles. The Morgan fingerprint density at radius 1 is 1.26 bits per heavy atom. The van der Waals surface area contributed by atoms with E-state index in [9.17, 15) is 9.59 Å². The van der Waals surface area contributed by atoms with Gasteiger partial charge in [-0.1, -0.05) is 6.07 Å². The summed E-state index contributed by atoms with van der Waals surface area (Å²) in [6.07, 6.45) is 3.28. The standard InChI is InChI=1S/C15H19NO3/c1-2-16(9-8-14(17)18)15(19)13-7-6-11-4-3-5-12(11)10-13/h6-7,10H,2-5,8-9H2,1H3,(H,17,18). The summed E-state index contributed by atoms with van der Waals surface area (Å²) >= 11 is 0. The average molecular weight is 261 g/mol. The first kappa shape index (κ1) is 13.6. The van der Waals surface area contributed by atoms with Crippen LogP contribution in [0.15, 0.2) is 18.2 Å². The number of benzene rings is 1. The molecule has 4 nitrogen and oxygen atoms in total. The highest BCUT2D eigenvalue weighted by Crippen LogP contribution is 2.23. The number of rotatable bonds is 5. The van der Waals surface area contributed by atoms with Gasteiger partial charge in [0, 0.05) is 18.7 Å². The lowest BCUT2D eigenvalue weighted by Crippen LogP contribution is -2.32. The number of carbonyl (C=O) groups is 2. The molecule has 0 saturated heterocycles. The maximum Gasteiger partial charge on any atom is 0.305 e. The molecule has 1 aromatic rings. The largest absolute Gasteiger partial charge is 0.481 e. The predicted molar refractivity (Wildman–Crippen MR) is 72.3 cm³/mol. The lowest BCUT2D eigenvalue weighted by atomic mass is 10.1. The summed E-state index contributed by atoms with van der Waals surface area (Å²) in [6.45, 7) is 2.66. The molecule has 1 N–H and O–H groups in total. The summed E-state index contributed by atoms with van der Waals surface area (Å²) in [5.74, 6) is -0.946. The van der Waals surface area contributed by atoms with E-state index in [1.54, 1.807) is 4.90 Å². The van der Waals surface area contributed by atoms with Gasteiger partial charge in [0.15, 0.2) is 0 Å². The van der Waals surface area contributed by atoms with Crippen molar-refractivity contribution in [1.29, 1.82) is 0 Å². The van der Waals surface area contributed by atoms with Gasteiger partial charge in [0.2, 0.25) is 0 Å². The molecule has 0 aromatic heterocycles. The third kappa shape index (κ3) is 3.13. The Morgan fingerprint density at radius 2 is 2.00 bits per heavy atom. The molecule has 0 unspecified atom stereocenters. The highest BCUT2D eigenvalue weighted by Gasteiger charge is 2.18. The van der Waals surface area contributed by atoms with Gasteiger partial charge in [-0.05, 0) is 49.4 Å². The van der Waals surface area contributed by atoms with E-state index < -0.39 is 5.97 Å². The first-order valence-electron chi connectivity index (χ1n) is 6.74. The van der Waals surface area contributed by atoms with Crippen LogP contribution in [0.1, 0.15) is 41.3 Å². The average Bonchev–Trinajstić information content (AvgIpc) is 2.85. The third-order valence-electron chi connectivity index (χ3n) is 3.61. The molecule has 19 heavy (non-hydrogen) atoms. The zero-order valence-electron chi connectivity index (χ0n) is 11.2. The van der Waals surface area contributed by atoms with E-state index in [2.05, 4.69) is 0 Å². The van der Waals surface area contributed by atoms with Crippen molar-refractivity contribution in [2.24, 2.45) is 0 Å². The van der Waals surface area contributed by atoms with Crippen molar-refractivity contribution < 1.29 is 14.7 Å². The van der Waals surface area contributed by atoms with Crippen LogP contribution in [0.5, 0.6) is 0 Å². The zero-order chi connectivity index (χ0) is 13.8. The van der Waals surface area contributed by atoms with Crippen molar-refractivity contribution in [2.45, 2.75) is 32.6 Å². The van der Waals surface area contributed by atoms with Crippen molar-refractivity contribution in [2.75, 3.05) is 13.1 Å². The maximum atomic E-state index is 12.3. The molecule has 0 saturated carbocycles. The first-order valence-corrected chi connectivity index (χ1v) is 6.74. The minimum atomic E-state index is -0.875. The van der Waals surface area contributed by atoms with Crippen LogP contribution in [0.25, 0.3) is 0 Å². The molecule has 1 amide bonds. The summed E-state index contributed by atoms with van der Waals surface area (Å²) in [7, 11) is 0. The van der Waals surface area contributed by atoms with Crippen LogP contribution in [-0.2, 0) is 17.6 Å². The third-order valence-corrected chi connectivity index (χ3v) is 3.61. The van der Waals surface area contributed by atoms with Gasteiger partial charge >= 0.3 is 5.97 Å². The van der Waals surface area contributed by atoms with E-state index in [1.165, 1.54) is 11.1 Å². The first-order chi connectivity index (χ1) is 9.11. The van der Waals surface area contributed by atoms with Crippen LogP contribution in [0.4, 0.5) is 0 Å². The fourth-order valence-electron chi connectivity index (χ4n) is 2.52. The molecule has 0 spiro atoms. The smallest absolute Gasteiger partial charge is 0.305 e. The molecular weight excluding hydrogens is 242 g/mol. The second-order valence-corrected chi connectivity index (χ2v) is 4.87. The molecule has 0 aliphatic heterocycles. The van der Waals surface area contributed by atoms with E-state index in [0.717, 1.165) is 19.3 Å². The van der Waals surface area contributed by atoms with Crippen LogP contribution in [-0.4, -0.2) is 35.0 Å². The summed E-state index contributed by atoms with van der Waals surface area (Å²) in [5.41, 5.74) is 3.28. The quantitative estimate of drug-likeness (QED) is 0.883. The number of amides is 1. The molecule has 0 radical (unpaired) electrons. The highest BCUT2D eigenvalue weighted by molar-refractivity contribution is 5.94. The summed E-state index contributed by atoms with van der Waals surface area (Å²) in [5, 5.41) is 8.70. The fourth-order valence-corrected chi connectivity index (χ4v) is 2.52. The number of carboxylic acid groups (broad SMARTS) is 1. The number of fused-ring (bicyclic) bond motifs is 1. The normalized spacial score (nSPS) is 13.1. The molecule has 0 bridgehead atoms. The molecule has 1 aromatic carbocycles. The Balaban J connectivity index is 2.11. The van der Waals surface area contributed by atoms with Crippen molar-refractivity contribution in [3.8, 4) is 0 Å². The highest BCUT2D eigenvalue weighted by atomic mass is 16.4. The topological polar surface area (TPSA) is 57.6 Å². The SMILES string of the molecule is CCN(CCC(=O)O)C(=O)c1ccc2c(c1)CCC2. The predicted octanol–water partition coefficient (Wildman–Crippen LogP) is 2.11. The van der Waals surface area contributed by atoms with Crippen molar-refractivity contribution in [1.82, 2.24) is 4.90 Å². The Labute approximate surface area is 113 Å². The van der Waals surface area contributed by atoms with Gasteiger partial charge in [-0.3, -0.25) is 9.59 Å². The van der Waals surface area contributed by atoms with E-state index in [4.69, 9.17) is 5.11 Å². The molecule has 0 atom stereocenters. The van der Waals surface area contributed by atoms with Gasteiger partial charge < -0.3 is 10.0 Å². The van der Waals surface area contributed by atoms with Crippen LogP contribution in [0, 0.1) is 0 Å². The Morgan fingerprint density at radius 3 is 2.68 bits per heavy atom. The molecule has 1 aliphatic rings. The second kappa shape index (κ2) is 5.87. The van der Waals surface area contributed by atoms with Gasteiger partial charge in [-0.25, -0.2) is 0 Å². The Bertz CT molecular complexity index is 496. The van der Waals surface area contributed by atoms with Gasteiger partial charge in [0.05, 0.1) is 6.42 Å². The Hall–Kier alpha value is -1.84. The van der Waals surface area contributed by atoms with Crippen LogP contribution >= 0.6 is 0 Å². The van der Waals surface area contributed by atoms with Gasteiger partial charge in [0.1, 0.15) is 0 Å². The minimum absolute atomic E-state index is 0.00940. The molecule has 2 rings (SSSR count). The van der Waals surface area contributed by atoms with Crippen molar-refractivity contribution in [3.05, 3.63) is 34.9 Å². The lowest BCUT2D eigenvalue weighted by molar-refractivity contribution is -0.137. The monoisotopic (exact) mass is 261 g/mol. The van der Waals surface area contributed by atoms with Crippen LogP contribution in [0.2, 0.25) is 0 Å². The number of carbonyl (C=O) groups excluding carboxylic acids is 1. The molecular formula is C15H19NO3. The maximum absolute atomic E-state index is 12.3.